The first kappa shape index (κ1) is 22.4. The molecule has 0 aliphatic rings. The monoisotopic (exact) mass is 315 g/mol. The molecule has 20 heavy (non-hydrogen) atoms. The Kier molecular flexibility index (Phi) is 12.1. The summed E-state index contributed by atoms with van der Waals surface area (Å²) in [6.45, 7) is 0.291. The van der Waals surface area contributed by atoms with E-state index in [-0.39, 0.29) is 65.1 Å². The van der Waals surface area contributed by atoms with Gasteiger partial charge in [0.05, 0.1) is 14.3 Å². The maximum absolute atomic E-state index is 10.3. The fraction of sp³-hybridized carbons (Fsp3) is 0.111. The van der Waals surface area contributed by atoms with Gasteiger partial charge in [0.2, 0.25) is 0 Å². The molecular formula is C9H12N5Na2O3P. The molecule has 0 atom stereocenters. The smallest absolute Gasteiger partial charge is 0.793 e. The van der Waals surface area contributed by atoms with E-state index in [9.17, 15) is 14.4 Å². The summed E-state index contributed by atoms with van der Waals surface area (Å²) in [6.07, 6.45) is 0. The van der Waals surface area contributed by atoms with Crippen LogP contribution < -0.4 is 85.7 Å². The third-order valence-electron chi connectivity index (χ3n) is 1.76. The molecule has 0 aromatic heterocycles. The Hall–Kier alpha value is 0.110. The standard InChI is InChI=1S/C9H14N5O3P.2Na/c10-8(13-9(11)14-18(15,16)17)12-6-7-4-2-1-3-5-7;;/h1-5H,6H2,(H7,10,11,12,13,14,15,16,17);;/q;2*+1/p-2. The van der Waals surface area contributed by atoms with Crippen LogP contribution in [0.3, 0.4) is 0 Å². The van der Waals surface area contributed by atoms with Gasteiger partial charge in [-0.05, 0) is 5.56 Å². The fourth-order valence-corrected chi connectivity index (χ4v) is 1.40. The van der Waals surface area contributed by atoms with Gasteiger partial charge in [-0.2, -0.15) is 0 Å². The number of hydrogen-bond donors (Lipinski definition) is 3. The molecule has 1 aromatic rings. The molecule has 0 amide bonds. The summed E-state index contributed by atoms with van der Waals surface area (Å²) in [4.78, 5) is 24.5. The maximum Gasteiger partial charge on any atom is 1.00 e. The summed E-state index contributed by atoms with van der Waals surface area (Å²) >= 11 is 0. The van der Waals surface area contributed by atoms with E-state index in [0.717, 1.165) is 5.56 Å². The van der Waals surface area contributed by atoms with Crippen LogP contribution in [0.25, 0.3) is 0 Å². The Morgan fingerprint density at radius 1 is 1.15 bits per heavy atom. The van der Waals surface area contributed by atoms with E-state index >= 15 is 0 Å². The van der Waals surface area contributed by atoms with Crippen molar-refractivity contribution in [2.24, 2.45) is 21.2 Å². The number of rotatable bonds is 3. The van der Waals surface area contributed by atoms with Gasteiger partial charge < -0.3 is 25.8 Å². The zero-order valence-corrected chi connectivity index (χ0v) is 16.2. The van der Waals surface area contributed by atoms with E-state index in [1.165, 1.54) is 0 Å². The summed E-state index contributed by atoms with van der Waals surface area (Å²) in [7, 11) is -5.07. The van der Waals surface area contributed by atoms with Gasteiger partial charge >= 0.3 is 59.1 Å². The number of nitrogens with one attached hydrogen (secondary N) is 1. The molecular weight excluding hydrogens is 303 g/mol. The van der Waals surface area contributed by atoms with Gasteiger partial charge in [-0.15, -0.1) is 0 Å². The molecule has 0 heterocycles. The number of aliphatic imine (C=N–C) groups is 1. The zero-order valence-electron chi connectivity index (χ0n) is 11.3. The fourth-order valence-electron chi connectivity index (χ4n) is 1.09. The van der Waals surface area contributed by atoms with Gasteiger partial charge in [-0.1, -0.05) is 30.3 Å². The molecule has 0 aliphatic heterocycles. The van der Waals surface area contributed by atoms with E-state index in [2.05, 4.69) is 15.1 Å². The average Bonchev–Trinajstić information content (AvgIpc) is 2.25. The molecule has 0 fully saturated rings. The van der Waals surface area contributed by atoms with Gasteiger partial charge in [0.1, 0.15) is 0 Å². The van der Waals surface area contributed by atoms with Crippen LogP contribution in [0.4, 0.5) is 0 Å². The van der Waals surface area contributed by atoms with Crippen molar-refractivity contribution in [3.05, 3.63) is 35.9 Å². The second-order valence-electron chi connectivity index (χ2n) is 3.27. The average molecular weight is 315 g/mol. The second kappa shape index (κ2) is 10.8. The predicted octanol–water partition coefficient (Wildman–Crippen LogP) is -7.76. The zero-order chi connectivity index (χ0) is 13.6. The first-order chi connectivity index (χ1) is 8.37. The summed E-state index contributed by atoms with van der Waals surface area (Å²) < 4.78 is 13.0. The van der Waals surface area contributed by atoms with Gasteiger partial charge in [-0.3, -0.25) is 5.32 Å². The van der Waals surface area contributed by atoms with Crippen LogP contribution in [0.15, 0.2) is 40.1 Å². The van der Waals surface area contributed by atoms with Crippen molar-refractivity contribution in [3.63, 3.8) is 0 Å². The minimum Gasteiger partial charge on any atom is -0.793 e. The number of nitrogens with two attached hydrogens (primary N) is 2. The first-order valence-corrected chi connectivity index (χ1v) is 6.35. The normalized spacial score (nSPS) is 12.1. The number of guanidine groups is 2. The molecule has 0 spiro atoms. The molecule has 0 unspecified atom stereocenters. The van der Waals surface area contributed by atoms with Crippen molar-refractivity contribution in [2.75, 3.05) is 0 Å². The van der Waals surface area contributed by atoms with Gasteiger partial charge in [0, 0.05) is 0 Å². The van der Waals surface area contributed by atoms with Crippen LogP contribution in [-0.4, -0.2) is 11.9 Å². The number of nitrogens with zero attached hydrogens (tertiary/aromatic N) is 2. The third kappa shape index (κ3) is 10.8. The quantitative estimate of drug-likeness (QED) is 0.218. The first-order valence-electron chi connectivity index (χ1n) is 4.85. The Labute approximate surface area is 160 Å². The molecule has 11 heteroatoms. The van der Waals surface area contributed by atoms with Crippen LogP contribution in [0.1, 0.15) is 5.56 Å². The van der Waals surface area contributed by atoms with Crippen molar-refractivity contribution in [1.29, 1.82) is 0 Å². The molecule has 0 aliphatic carbocycles. The molecule has 0 saturated carbocycles. The van der Waals surface area contributed by atoms with Crippen molar-refractivity contribution >= 4 is 19.7 Å². The van der Waals surface area contributed by atoms with Crippen LogP contribution in [0.2, 0.25) is 0 Å². The second-order valence-corrected chi connectivity index (χ2v) is 4.40. The maximum atomic E-state index is 10.3. The van der Waals surface area contributed by atoms with E-state index in [0.29, 0.717) is 6.54 Å². The Morgan fingerprint density at radius 2 is 1.70 bits per heavy atom. The van der Waals surface area contributed by atoms with Crippen molar-refractivity contribution < 1.29 is 73.5 Å². The molecule has 1 rings (SSSR count). The number of benzene rings is 1. The van der Waals surface area contributed by atoms with E-state index in [4.69, 9.17) is 11.5 Å². The van der Waals surface area contributed by atoms with Crippen LogP contribution >= 0.6 is 7.75 Å². The van der Waals surface area contributed by atoms with Crippen LogP contribution in [0.5, 0.6) is 0 Å². The largest absolute Gasteiger partial charge is 1.00 e. The van der Waals surface area contributed by atoms with Gasteiger partial charge in [-0.25, -0.2) is 9.76 Å². The predicted molar refractivity (Wildman–Crippen MR) is 64.1 cm³/mol. The van der Waals surface area contributed by atoms with Crippen molar-refractivity contribution in [1.82, 2.24) is 5.32 Å². The van der Waals surface area contributed by atoms with Gasteiger partial charge in [0.25, 0.3) is 0 Å². The van der Waals surface area contributed by atoms with Crippen molar-refractivity contribution in [3.8, 4) is 0 Å². The van der Waals surface area contributed by atoms with Crippen LogP contribution in [-0.2, 0) is 11.1 Å². The summed E-state index contributed by atoms with van der Waals surface area (Å²) in [6, 6.07) is 9.24. The summed E-state index contributed by atoms with van der Waals surface area (Å²) in [5.74, 6) is -0.744. The molecule has 1 aromatic carbocycles. The molecule has 0 bridgehead atoms. The minimum absolute atomic E-state index is 0. The Balaban J connectivity index is 0. The molecule has 98 valence electrons. The van der Waals surface area contributed by atoms with E-state index in [1.54, 1.807) is 0 Å². The summed E-state index contributed by atoms with van der Waals surface area (Å²) in [5.41, 5.74) is 11.5. The van der Waals surface area contributed by atoms with Gasteiger partial charge in [0.15, 0.2) is 11.9 Å². The van der Waals surface area contributed by atoms with E-state index in [1.807, 2.05) is 30.3 Å². The molecule has 5 N–H and O–H groups in total. The van der Waals surface area contributed by atoms with E-state index < -0.39 is 13.7 Å². The van der Waals surface area contributed by atoms with Crippen molar-refractivity contribution in [2.45, 2.75) is 6.54 Å². The Morgan fingerprint density at radius 3 is 2.20 bits per heavy atom. The number of hydrogen-bond acceptors (Lipinski definition) is 4. The topological polar surface area (TPSA) is 152 Å². The summed E-state index contributed by atoms with van der Waals surface area (Å²) in [5, 5.41) is 2.19. The molecule has 8 nitrogen and oxygen atoms in total. The van der Waals surface area contributed by atoms with Crippen LogP contribution in [0, 0.1) is 0 Å². The third-order valence-corrected chi connectivity index (χ3v) is 2.22. The molecule has 0 saturated heterocycles. The molecule has 0 radical (unpaired) electrons. The minimum atomic E-state index is -5.07. The Bertz CT molecular complexity index is 506. The SMILES string of the molecule is NC(=NCc1ccccc1)NC(N)=NP(=O)([O-])[O-].[Na+].[Na+].